The predicted octanol–water partition coefficient (Wildman–Crippen LogP) is 1.98. The third-order valence-corrected chi connectivity index (χ3v) is 4.88. The number of aryl methyl sites for hydroxylation is 1. The number of amides is 1. The van der Waals surface area contributed by atoms with Crippen LogP contribution in [0.3, 0.4) is 0 Å². The zero-order valence-electron chi connectivity index (χ0n) is 13.2. The zero-order valence-corrected chi connectivity index (χ0v) is 13.2. The van der Waals surface area contributed by atoms with E-state index in [0.717, 1.165) is 25.1 Å². The first-order valence-electron chi connectivity index (χ1n) is 8.46. The standard InChI is InChI=1S/C16H23N3O4/c20-14(19-9-3-6-12(10-19)16(21)22)8-7-13-17-15(18-23-13)11-4-1-2-5-11/h11-12H,1-10H2,(H,21,22). The predicted molar refractivity (Wildman–Crippen MR) is 80.8 cm³/mol. The third-order valence-electron chi connectivity index (χ3n) is 4.88. The maximum Gasteiger partial charge on any atom is 0.308 e. The third kappa shape index (κ3) is 3.89. The van der Waals surface area contributed by atoms with Gasteiger partial charge >= 0.3 is 5.97 Å². The van der Waals surface area contributed by atoms with Crippen LogP contribution in [0.2, 0.25) is 0 Å². The van der Waals surface area contributed by atoms with Gasteiger partial charge in [-0.25, -0.2) is 0 Å². The summed E-state index contributed by atoms with van der Waals surface area (Å²) in [5.74, 6) is 0.393. The van der Waals surface area contributed by atoms with E-state index in [2.05, 4.69) is 10.1 Å². The molecule has 1 saturated carbocycles. The van der Waals surface area contributed by atoms with E-state index in [1.807, 2.05) is 0 Å². The molecule has 7 nitrogen and oxygen atoms in total. The first kappa shape index (κ1) is 16.0. The summed E-state index contributed by atoms with van der Waals surface area (Å²) in [5.41, 5.74) is 0. The number of rotatable bonds is 5. The number of nitrogens with zero attached hydrogens (tertiary/aromatic N) is 3. The van der Waals surface area contributed by atoms with Crippen LogP contribution in [0.4, 0.5) is 0 Å². The van der Waals surface area contributed by atoms with Gasteiger partial charge in [-0.15, -0.1) is 0 Å². The van der Waals surface area contributed by atoms with Crippen molar-refractivity contribution >= 4 is 11.9 Å². The van der Waals surface area contributed by atoms with Crippen LogP contribution >= 0.6 is 0 Å². The lowest BCUT2D eigenvalue weighted by Crippen LogP contribution is -2.42. The molecule has 1 amide bonds. The quantitative estimate of drug-likeness (QED) is 0.890. The molecule has 0 bridgehead atoms. The Morgan fingerprint density at radius 1 is 1.22 bits per heavy atom. The average molecular weight is 321 g/mol. The highest BCUT2D eigenvalue weighted by Gasteiger charge is 2.28. The molecule has 7 heteroatoms. The highest BCUT2D eigenvalue weighted by molar-refractivity contribution is 5.78. The minimum atomic E-state index is -0.819. The van der Waals surface area contributed by atoms with Crippen molar-refractivity contribution in [3.05, 3.63) is 11.7 Å². The van der Waals surface area contributed by atoms with Gasteiger partial charge in [0.15, 0.2) is 5.82 Å². The average Bonchev–Trinajstić information content (AvgIpc) is 3.23. The topological polar surface area (TPSA) is 96.5 Å². The van der Waals surface area contributed by atoms with Gasteiger partial charge in [-0.05, 0) is 25.7 Å². The van der Waals surface area contributed by atoms with E-state index in [4.69, 9.17) is 9.63 Å². The van der Waals surface area contributed by atoms with Crippen LogP contribution in [0.1, 0.15) is 62.6 Å². The Labute approximate surface area is 135 Å². The van der Waals surface area contributed by atoms with Gasteiger partial charge < -0.3 is 14.5 Å². The summed E-state index contributed by atoms with van der Waals surface area (Å²) in [6.45, 7) is 0.949. The smallest absolute Gasteiger partial charge is 0.308 e. The molecule has 1 saturated heterocycles. The Bertz CT molecular complexity index is 565. The van der Waals surface area contributed by atoms with Gasteiger partial charge in [0.05, 0.1) is 5.92 Å². The number of carbonyl (C=O) groups excluding carboxylic acids is 1. The Morgan fingerprint density at radius 3 is 2.74 bits per heavy atom. The number of piperidine rings is 1. The SMILES string of the molecule is O=C(O)C1CCCN(C(=O)CCc2nc(C3CCCC3)no2)C1. The van der Waals surface area contributed by atoms with Crippen molar-refractivity contribution < 1.29 is 19.2 Å². The monoisotopic (exact) mass is 321 g/mol. The summed E-state index contributed by atoms with van der Waals surface area (Å²) < 4.78 is 5.25. The van der Waals surface area contributed by atoms with Crippen LogP contribution in [-0.2, 0) is 16.0 Å². The highest BCUT2D eigenvalue weighted by atomic mass is 16.5. The normalized spacial score (nSPS) is 22.4. The second-order valence-corrected chi connectivity index (χ2v) is 6.54. The molecule has 1 unspecified atom stereocenters. The number of carbonyl (C=O) groups is 2. The second-order valence-electron chi connectivity index (χ2n) is 6.54. The van der Waals surface area contributed by atoms with Crippen LogP contribution in [0.15, 0.2) is 4.52 Å². The molecule has 1 N–H and O–H groups in total. The number of carboxylic acid groups (broad SMARTS) is 1. The van der Waals surface area contributed by atoms with E-state index in [1.165, 1.54) is 12.8 Å². The number of aliphatic carboxylic acids is 1. The molecular weight excluding hydrogens is 298 g/mol. The molecule has 0 spiro atoms. The van der Waals surface area contributed by atoms with Crippen LogP contribution in [0.5, 0.6) is 0 Å². The van der Waals surface area contributed by atoms with E-state index >= 15 is 0 Å². The maximum absolute atomic E-state index is 12.2. The number of likely N-dealkylation sites (tertiary alicyclic amines) is 1. The fourth-order valence-electron chi connectivity index (χ4n) is 3.50. The Balaban J connectivity index is 1.49. The number of hydrogen-bond acceptors (Lipinski definition) is 5. The molecule has 3 rings (SSSR count). The van der Waals surface area contributed by atoms with E-state index in [9.17, 15) is 9.59 Å². The Kier molecular flexibility index (Phi) is 4.93. The molecule has 1 aromatic heterocycles. The number of aromatic nitrogens is 2. The summed E-state index contributed by atoms with van der Waals surface area (Å²) in [5, 5.41) is 13.1. The molecule has 126 valence electrons. The van der Waals surface area contributed by atoms with Crippen molar-refractivity contribution in [3.63, 3.8) is 0 Å². The molecular formula is C16H23N3O4. The molecule has 1 aliphatic heterocycles. The van der Waals surface area contributed by atoms with E-state index in [1.54, 1.807) is 4.90 Å². The first-order valence-corrected chi connectivity index (χ1v) is 8.46. The summed E-state index contributed by atoms with van der Waals surface area (Å²) in [6, 6.07) is 0. The minimum absolute atomic E-state index is 0.0310. The molecule has 1 atom stereocenters. The fraction of sp³-hybridized carbons (Fsp3) is 0.750. The summed E-state index contributed by atoms with van der Waals surface area (Å²) in [6.07, 6.45) is 6.76. The number of carboxylic acids is 1. The lowest BCUT2D eigenvalue weighted by Gasteiger charge is -2.30. The van der Waals surface area contributed by atoms with Crippen molar-refractivity contribution in [2.24, 2.45) is 5.92 Å². The maximum atomic E-state index is 12.2. The largest absolute Gasteiger partial charge is 0.481 e. The first-order chi connectivity index (χ1) is 11.1. The zero-order chi connectivity index (χ0) is 16.2. The summed E-state index contributed by atoms with van der Waals surface area (Å²) in [7, 11) is 0. The Morgan fingerprint density at radius 2 is 2.00 bits per heavy atom. The Hall–Kier alpha value is -1.92. The molecule has 1 aliphatic carbocycles. The highest BCUT2D eigenvalue weighted by Crippen LogP contribution is 2.32. The lowest BCUT2D eigenvalue weighted by atomic mass is 9.98. The van der Waals surface area contributed by atoms with E-state index < -0.39 is 11.9 Å². The molecule has 0 aromatic carbocycles. The van der Waals surface area contributed by atoms with Crippen molar-refractivity contribution in [3.8, 4) is 0 Å². The van der Waals surface area contributed by atoms with Gasteiger partial charge in [0.25, 0.3) is 0 Å². The molecule has 23 heavy (non-hydrogen) atoms. The lowest BCUT2D eigenvalue weighted by molar-refractivity contribution is -0.145. The van der Waals surface area contributed by atoms with Crippen LogP contribution in [0, 0.1) is 5.92 Å². The van der Waals surface area contributed by atoms with Gasteiger partial charge in [-0.1, -0.05) is 18.0 Å². The van der Waals surface area contributed by atoms with Gasteiger partial charge in [0, 0.05) is 31.8 Å². The van der Waals surface area contributed by atoms with E-state index in [-0.39, 0.29) is 5.91 Å². The molecule has 2 aliphatic rings. The van der Waals surface area contributed by atoms with Crippen molar-refractivity contribution in [1.29, 1.82) is 0 Å². The summed E-state index contributed by atoms with van der Waals surface area (Å²) >= 11 is 0. The van der Waals surface area contributed by atoms with Crippen LogP contribution < -0.4 is 0 Å². The molecule has 0 radical (unpaired) electrons. The molecule has 1 aromatic rings. The molecule has 2 fully saturated rings. The summed E-state index contributed by atoms with van der Waals surface area (Å²) in [4.78, 5) is 29.4. The van der Waals surface area contributed by atoms with Crippen molar-refractivity contribution in [2.75, 3.05) is 13.1 Å². The van der Waals surface area contributed by atoms with Crippen molar-refractivity contribution in [2.45, 2.75) is 57.3 Å². The van der Waals surface area contributed by atoms with E-state index in [0.29, 0.717) is 44.2 Å². The van der Waals surface area contributed by atoms with Gasteiger partial charge in [0.2, 0.25) is 11.8 Å². The second kappa shape index (κ2) is 7.10. The van der Waals surface area contributed by atoms with Gasteiger partial charge in [-0.3, -0.25) is 9.59 Å². The number of hydrogen-bond donors (Lipinski definition) is 1. The van der Waals surface area contributed by atoms with Gasteiger partial charge in [-0.2, -0.15) is 4.98 Å². The van der Waals surface area contributed by atoms with Crippen molar-refractivity contribution in [1.82, 2.24) is 15.0 Å². The minimum Gasteiger partial charge on any atom is -0.481 e. The van der Waals surface area contributed by atoms with Crippen LogP contribution in [-0.4, -0.2) is 45.1 Å². The molecule has 2 heterocycles. The fourth-order valence-corrected chi connectivity index (χ4v) is 3.50. The van der Waals surface area contributed by atoms with Crippen LogP contribution in [0.25, 0.3) is 0 Å². The van der Waals surface area contributed by atoms with Gasteiger partial charge in [0.1, 0.15) is 0 Å².